The number of hydrogen-bond acceptors (Lipinski definition) is 5. The molecule has 0 aromatic heterocycles. The van der Waals surface area contributed by atoms with Crippen LogP contribution in [-0.2, 0) is 11.2 Å². The number of anilines is 1. The van der Waals surface area contributed by atoms with E-state index < -0.39 is 17.6 Å². The minimum absolute atomic E-state index is 0.131. The van der Waals surface area contributed by atoms with Crippen LogP contribution in [0.1, 0.15) is 21.5 Å². The number of halogens is 1. The summed E-state index contributed by atoms with van der Waals surface area (Å²) in [6.45, 7) is 1.76. The number of Topliss-reactive ketones (excluding diaryl/α,β-unsaturated/α-hetero) is 1. The Morgan fingerprint density at radius 3 is 2.63 bits per heavy atom. The molecule has 0 aliphatic heterocycles. The van der Waals surface area contributed by atoms with E-state index in [1.807, 2.05) is 6.07 Å². The zero-order valence-electron chi connectivity index (χ0n) is 14.7. The largest absolute Gasteiger partial charge is 0.495 e. The van der Waals surface area contributed by atoms with Gasteiger partial charge >= 0.3 is 0 Å². The maximum Gasteiger partial charge on any atom is 0.249 e. The van der Waals surface area contributed by atoms with Gasteiger partial charge in [-0.3, -0.25) is 9.59 Å². The lowest BCUT2D eigenvalue weighted by molar-refractivity contribution is -0.117. The molecule has 0 spiro atoms. The van der Waals surface area contributed by atoms with Crippen LogP contribution in [0, 0.1) is 35.5 Å². The van der Waals surface area contributed by atoms with Gasteiger partial charge in [0.15, 0.2) is 11.7 Å². The Bertz CT molecular complexity index is 973. The Balaban J connectivity index is 2.28. The predicted octanol–water partition coefficient (Wildman–Crippen LogP) is 3.68. The van der Waals surface area contributed by atoms with Crippen LogP contribution in [0.5, 0.6) is 5.75 Å². The van der Waals surface area contributed by atoms with Crippen molar-refractivity contribution in [1.29, 1.82) is 10.5 Å². The van der Waals surface area contributed by atoms with Gasteiger partial charge in [0, 0.05) is 16.7 Å². The van der Waals surface area contributed by atoms with Gasteiger partial charge in [0.05, 0.1) is 31.4 Å². The van der Waals surface area contributed by atoms with E-state index in [-0.39, 0.29) is 12.0 Å². The van der Waals surface area contributed by atoms with E-state index in [1.54, 1.807) is 37.3 Å². The molecule has 6 nitrogen and oxygen atoms in total. The molecule has 0 heterocycles. The first-order chi connectivity index (χ1) is 12.9. The van der Waals surface area contributed by atoms with E-state index in [0.717, 1.165) is 0 Å². The van der Waals surface area contributed by atoms with E-state index in [9.17, 15) is 14.9 Å². The van der Waals surface area contributed by atoms with Crippen molar-refractivity contribution in [1.82, 2.24) is 0 Å². The number of methoxy groups -OCH3 is 1. The summed E-state index contributed by atoms with van der Waals surface area (Å²) in [6.07, 6.45) is 0.131. The Morgan fingerprint density at radius 1 is 1.26 bits per heavy atom. The molecule has 0 bridgehead atoms. The molecule has 1 atom stereocenters. The minimum atomic E-state index is -1.54. The molecule has 136 valence electrons. The third-order valence-electron chi connectivity index (χ3n) is 3.89. The maximum atomic E-state index is 12.6. The highest BCUT2D eigenvalue weighted by molar-refractivity contribution is 6.31. The molecule has 2 aromatic rings. The molecule has 27 heavy (non-hydrogen) atoms. The number of carbonyl (C=O) groups is 2. The van der Waals surface area contributed by atoms with Crippen LogP contribution in [0.3, 0.4) is 0 Å². The Labute approximate surface area is 161 Å². The lowest BCUT2D eigenvalue weighted by Crippen LogP contribution is -2.29. The SMILES string of the molecule is COc1cc(Cl)c(C)cc1NC(=O)C(C#N)C(=O)c1cccc(CC#N)c1. The molecular formula is C20H16ClN3O3. The minimum Gasteiger partial charge on any atom is -0.495 e. The molecule has 0 saturated carbocycles. The smallest absolute Gasteiger partial charge is 0.249 e. The molecular weight excluding hydrogens is 366 g/mol. The summed E-state index contributed by atoms with van der Waals surface area (Å²) < 4.78 is 5.19. The van der Waals surface area contributed by atoms with Gasteiger partial charge in [-0.2, -0.15) is 10.5 Å². The number of ether oxygens (including phenoxy) is 1. The van der Waals surface area contributed by atoms with Crippen LogP contribution in [0.25, 0.3) is 0 Å². The fourth-order valence-corrected chi connectivity index (χ4v) is 2.62. The van der Waals surface area contributed by atoms with Crippen LogP contribution >= 0.6 is 11.6 Å². The summed E-state index contributed by atoms with van der Waals surface area (Å²) in [4.78, 5) is 25.2. The topological polar surface area (TPSA) is 103 Å². The van der Waals surface area contributed by atoms with Gasteiger partial charge in [-0.05, 0) is 30.2 Å². The monoisotopic (exact) mass is 381 g/mol. The predicted molar refractivity (Wildman–Crippen MR) is 101 cm³/mol. The highest BCUT2D eigenvalue weighted by Crippen LogP contribution is 2.31. The van der Waals surface area contributed by atoms with Crippen LogP contribution in [0.4, 0.5) is 5.69 Å². The Hall–Kier alpha value is -3.35. The first-order valence-corrected chi connectivity index (χ1v) is 8.33. The van der Waals surface area contributed by atoms with Gasteiger partial charge in [-0.25, -0.2) is 0 Å². The second-order valence-electron chi connectivity index (χ2n) is 5.75. The third-order valence-corrected chi connectivity index (χ3v) is 4.29. The fraction of sp³-hybridized carbons (Fsp3) is 0.200. The number of hydrogen-bond donors (Lipinski definition) is 1. The van der Waals surface area contributed by atoms with Crippen molar-refractivity contribution < 1.29 is 14.3 Å². The van der Waals surface area contributed by atoms with Crippen molar-refractivity contribution in [2.24, 2.45) is 5.92 Å². The van der Waals surface area contributed by atoms with Crippen LogP contribution in [-0.4, -0.2) is 18.8 Å². The number of carbonyl (C=O) groups excluding carboxylic acids is 2. The van der Waals surface area contributed by atoms with Gasteiger partial charge in [-0.1, -0.05) is 29.8 Å². The summed E-state index contributed by atoms with van der Waals surface area (Å²) >= 11 is 6.04. The molecule has 1 amide bonds. The summed E-state index contributed by atoms with van der Waals surface area (Å²) in [7, 11) is 1.42. The van der Waals surface area contributed by atoms with Gasteiger partial charge in [0.25, 0.3) is 0 Å². The van der Waals surface area contributed by atoms with E-state index in [0.29, 0.717) is 27.6 Å². The number of rotatable bonds is 6. The van der Waals surface area contributed by atoms with Crippen molar-refractivity contribution in [3.05, 3.63) is 58.1 Å². The van der Waals surface area contributed by atoms with E-state index >= 15 is 0 Å². The van der Waals surface area contributed by atoms with E-state index in [1.165, 1.54) is 19.2 Å². The quantitative estimate of drug-likeness (QED) is 0.607. The summed E-state index contributed by atoms with van der Waals surface area (Å²) in [5.41, 5.74) is 1.85. The van der Waals surface area contributed by atoms with Gasteiger partial charge in [0.2, 0.25) is 5.91 Å². The highest BCUT2D eigenvalue weighted by Gasteiger charge is 2.28. The van der Waals surface area contributed by atoms with Gasteiger partial charge < -0.3 is 10.1 Å². The standard InChI is InChI=1S/C20H16ClN3O3/c1-12-8-17(18(27-2)10-16(12)21)24-20(26)15(11-23)19(25)14-5-3-4-13(9-14)6-7-22/h3-5,8-10,15H,6H2,1-2H3,(H,24,26). The molecule has 0 radical (unpaired) electrons. The van der Waals surface area contributed by atoms with Crippen molar-refractivity contribution >= 4 is 29.0 Å². The van der Waals surface area contributed by atoms with Crippen LogP contribution < -0.4 is 10.1 Å². The normalized spacial score (nSPS) is 11.0. The first-order valence-electron chi connectivity index (χ1n) is 7.96. The lowest BCUT2D eigenvalue weighted by Gasteiger charge is -2.14. The highest BCUT2D eigenvalue weighted by atomic mass is 35.5. The number of nitriles is 2. The van der Waals surface area contributed by atoms with E-state index in [2.05, 4.69) is 5.32 Å². The Morgan fingerprint density at radius 2 is 2.00 bits per heavy atom. The second-order valence-corrected chi connectivity index (χ2v) is 6.16. The summed E-state index contributed by atoms with van der Waals surface area (Å²) in [5.74, 6) is -2.63. The number of benzene rings is 2. The molecule has 1 unspecified atom stereocenters. The van der Waals surface area contributed by atoms with Crippen molar-refractivity contribution in [2.45, 2.75) is 13.3 Å². The molecule has 0 aliphatic rings. The molecule has 7 heteroatoms. The zero-order chi connectivity index (χ0) is 20.0. The third kappa shape index (κ3) is 4.63. The lowest BCUT2D eigenvalue weighted by atomic mass is 9.96. The molecule has 1 N–H and O–H groups in total. The number of amides is 1. The molecule has 0 aliphatic carbocycles. The van der Waals surface area contributed by atoms with Crippen molar-refractivity contribution in [2.75, 3.05) is 12.4 Å². The average Bonchev–Trinajstić information content (AvgIpc) is 2.65. The number of ketones is 1. The fourth-order valence-electron chi connectivity index (χ4n) is 2.46. The zero-order valence-corrected chi connectivity index (χ0v) is 15.5. The number of nitrogens with one attached hydrogen (secondary N) is 1. The average molecular weight is 382 g/mol. The maximum absolute atomic E-state index is 12.6. The number of nitrogens with zero attached hydrogens (tertiary/aromatic N) is 2. The molecule has 2 rings (SSSR count). The molecule has 0 saturated heterocycles. The van der Waals surface area contributed by atoms with Gasteiger partial charge in [-0.15, -0.1) is 0 Å². The van der Waals surface area contributed by atoms with Crippen molar-refractivity contribution in [3.63, 3.8) is 0 Å². The van der Waals surface area contributed by atoms with Gasteiger partial charge in [0.1, 0.15) is 5.75 Å². The number of aryl methyl sites for hydroxylation is 1. The van der Waals surface area contributed by atoms with E-state index in [4.69, 9.17) is 21.6 Å². The first kappa shape index (κ1) is 20.0. The Kier molecular flexibility index (Phi) is 6.54. The van der Waals surface area contributed by atoms with Crippen LogP contribution in [0.15, 0.2) is 36.4 Å². The summed E-state index contributed by atoms with van der Waals surface area (Å²) in [6, 6.07) is 13.2. The second kappa shape index (κ2) is 8.84. The molecule has 2 aromatic carbocycles. The van der Waals surface area contributed by atoms with Crippen molar-refractivity contribution in [3.8, 4) is 17.9 Å². The van der Waals surface area contributed by atoms with Crippen LogP contribution in [0.2, 0.25) is 5.02 Å². The summed E-state index contributed by atoms with van der Waals surface area (Å²) in [5, 5.41) is 21.2. The molecule has 0 fully saturated rings.